The average Bonchev–Trinajstić information content (AvgIpc) is 2.76. The van der Waals surface area contributed by atoms with Gasteiger partial charge in [0.1, 0.15) is 0 Å². The van der Waals surface area contributed by atoms with E-state index < -0.39 is 0 Å². The van der Waals surface area contributed by atoms with Crippen molar-refractivity contribution in [2.75, 3.05) is 26.8 Å². The van der Waals surface area contributed by atoms with E-state index in [1.807, 2.05) is 25.4 Å². The van der Waals surface area contributed by atoms with Crippen LogP contribution in [-0.2, 0) is 11.3 Å². The molecule has 96 valence electrons. The van der Waals surface area contributed by atoms with Crippen molar-refractivity contribution < 1.29 is 9.53 Å². The number of nitrogen functional groups attached to an aromatic ring is 1. The van der Waals surface area contributed by atoms with Gasteiger partial charge in [0.15, 0.2) is 0 Å². The lowest BCUT2D eigenvalue weighted by molar-refractivity contribution is 0.0955. The van der Waals surface area contributed by atoms with Crippen LogP contribution in [0.25, 0.3) is 0 Å². The van der Waals surface area contributed by atoms with Crippen LogP contribution in [0, 0.1) is 0 Å². The molecule has 1 aromatic rings. The molecule has 1 rings (SSSR count). The van der Waals surface area contributed by atoms with Gasteiger partial charge in [-0.3, -0.25) is 15.1 Å². The second-order valence-electron chi connectivity index (χ2n) is 3.68. The second kappa shape index (κ2) is 7.39. The van der Waals surface area contributed by atoms with Gasteiger partial charge in [-0.1, -0.05) is 0 Å². The van der Waals surface area contributed by atoms with Gasteiger partial charge in [-0.15, -0.1) is 11.3 Å². The Labute approximate surface area is 106 Å². The van der Waals surface area contributed by atoms with E-state index in [0.717, 1.165) is 25.3 Å². The number of rotatable bonds is 7. The maximum Gasteiger partial charge on any atom is 0.275 e. The zero-order valence-electron chi connectivity index (χ0n) is 10.2. The largest absolute Gasteiger partial charge is 0.380 e. The maximum absolute atomic E-state index is 11.5. The number of hydrogen-bond acceptors (Lipinski definition) is 5. The summed E-state index contributed by atoms with van der Waals surface area (Å²) in [4.78, 5) is 14.3. The number of carbonyl (C=O) groups excluding carboxylic acids is 1. The minimum Gasteiger partial charge on any atom is -0.380 e. The van der Waals surface area contributed by atoms with Crippen LogP contribution in [0.15, 0.2) is 11.4 Å². The number of nitrogens with zero attached hydrogens (tertiary/aromatic N) is 1. The molecule has 5 nitrogen and oxygen atoms in total. The smallest absolute Gasteiger partial charge is 0.275 e. The minimum atomic E-state index is -0.229. The highest BCUT2D eigenvalue weighted by molar-refractivity contribution is 7.12. The lowest BCUT2D eigenvalue weighted by Gasteiger charge is -2.16. The Kier molecular flexibility index (Phi) is 6.13. The first-order chi connectivity index (χ1) is 8.19. The predicted molar refractivity (Wildman–Crippen MR) is 68.8 cm³/mol. The molecule has 0 aliphatic heterocycles. The number of nitrogens with two attached hydrogens (primary N) is 1. The summed E-state index contributed by atoms with van der Waals surface area (Å²) in [5.74, 6) is 4.91. The van der Waals surface area contributed by atoms with Crippen molar-refractivity contribution in [2.45, 2.75) is 13.5 Å². The van der Waals surface area contributed by atoms with E-state index >= 15 is 0 Å². The van der Waals surface area contributed by atoms with Gasteiger partial charge in [-0.25, -0.2) is 5.84 Å². The fourth-order valence-corrected chi connectivity index (χ4v) is 2.28. The normalized spacial score (nSPS) is 10.8. The third-order valence-corrected chi connectivity index (χ3v) is 3.30. The van der Waals surface area contributed by atoms with Crippen molar-refractivity contribution >= 4 is 17.2 Å². The van der Waals surface area contributed by atoms with E-state index in [9.17, 15) is 4.79 Å². The van der Waals surface area contributed by atoms with Gasteiger partial charge >= 0.3 is 0 Å². The monoisotopic (exact) mass is 257 g/mol. The van der Waals surface area contributed by atoms with E-state index in [1.165, 1.54) is 11.3 Å². The number of carbonyl (C=O) groups is 1. The molecular weight excluding hydrogens is 238 g/mol. The summed E-state index contributed by atoms with van der Waals surface area (Å²) in [5, 5.41) is 1.90. The Morgan fingerprint density at radius 2 is 2.41 bits per heavy atom. The number of ether oxygens (including phenoxy) is 1. The Bertz CT molecular complexity index is 354. The first-order valence-corrected chi connectivity index (χ1v) is 6.40. The second-order valence-corrected chi connectivity index (χ2v) is 4.60. The third kappa shape index (κ3) is 4.43. The molecular formula is C11H19N3O2S. The van der Waals surface area contributed by atoms with Gasteiger partial charge in [0, 0.05) is 19.7 Å². The molecule has 3 N–H and O–H groups in total. The highest BCUT2D eigenvalue weighted by Gasteiger charge is 2.13. The SMILES string of the molecule is CCOCCN(C)Cc1ccsc1C(=O)NN. The van der Waals surface area contributed by atoms with Crippen LogP contribution < -0.4 is 11.3 Å². The van der Waals surface area contributed by atoms with E-state index in [4.69, 9.17) is 10.6 Å². The highest BCUT2D eigenvalue weighted by Crippen LogP contribution is 2.17. The Morgan fingerprint density at radius 3 is 3.06 bits per heavy atom. The molecule has 0 fully saturated rings. The summed E-state index contributed by atoms with van der Waals surface area (Å²) in [5.41, 5.74) is 3.16. The van der Waals surface area contributed by atoms with Crippen LogP contribution in [0.3, 0.4) is 0 Å². The third-order valence-electron chi connectivity index (χ3n) is 2.35. The van der Waals surface area contributed by atoms with Crippen molar-refractivity contribution in [1.29, 1.82) is 0 Å². The molecule has 1 aromatic heterocycles. The van der Waals surface area contributed by atoms with Crippen LogP contribution in [0.2, 0.25) is 0 Å². The molecule has 0 saturated heterocycles. The van der Waals surface area contributed by atoms with Crippen LogP contribution in [-0.4, -0.2) is 37.6 Å². The summed E-state index contributed by atoms with van der Waals surface area (Å²) >= 11 is 1.40. The summed E-state index contributed by atoms with van der Waals surface area (Å²) in [6.45, 7) is 4.97. The predicted octanol–water partition coefficient (Wildman–Crippen LogP) is 0.820. The molecule has 1 amide bonds. The molecule has 0 aromatic carbocycles. The summed E-state index contributed by atoms with van der Waals surface area (Å²) in [7, 11) is 2.00. The number of likely N-dealkylation sites (N-methyl/N-ethyl adjacent to an activating group) is 1. The Balaban J connectivity index is 2.50. The number of amides is 1. The first-order valence-electron chi connectivity index (χ1n) is 5.52. The van der Waals surface area contributed by atoms with Crippen molar-refractivity contribution in [3.05, 3.63) is 21.9 Å². The van der Waals surface area contributed by atoms with Gasteiger partial charge in [0.05, 0.1) is 11.5 Å². The van der Waals surface area contributed by atoms with E-state index in [1.54, 1.807) is 0 Å². The summed E-state index contributed by atoms with van der Waals surface area (Å²) in [6.07, 6.45) is 0. The summed E-state index contributed by atoms with van der Waals surface area (Å²) in [6, 6.07) is 1.95. The van der Waals surface area contributed by atoms with E-state index in [-0.39, 0.29) is 5.91 Å². The zero-order chi connectivity index (χ0) is 12.7. The van der Waals surface area contributed by atoms with Crippen molar-refractivity contribution in [3.8, 4) is 0 Å². The highest BCUT2D eigenvalue weighted by atomic mass is 32.1. The van der Waals surface area contributed by atoms with Crippen LogP contribution in [0.1, 0.15) is 22.2 Å². The van der Waals surface area contributed by atoms with Crippen LogP contribution in [0.4, 0.5) is 0 Å². The number of nitrogens with one attached hydrogen (secondary N) is 1. The van der Waals surface area contributed by atoms with E-state index in [2.05, 4.69) is 10.3 Å². The van der Waals surface area contributed by atoms with Crippen molar-refractivity contribution in [1.82, 2.24) is 10.3 Å². The fraction of sp³-hybridized carbons (Fsp3) is 0.545. The van der Waals surface area contributed by atoms with Gasteiger partial charge < -0.3 is 4.74 Å². The number of thiophene rings is 1. The molecule has 1 heterocycles. The Hall–Kier alpha value is -0.950. The van der Waals surface area contributed by atoms with E-state index in [0.29, 0.717) is 11.5 Å². The first kappa shape index (κ1) is 14.1. The molecule has 0 aliphatic rings. The summed E-state index contributed by atoms with van der Waals surface area (Å²) < 4.78 is 5.28. The standard InChI is InChI=1S/C11H19N3O2S/c1-3-16-6-5-14(2)8-9-4-7-17-10(9)11(15)13-12/h4,7H,3,5-6,8,12H2,1-2H3,(H,13,15). The molecule has 0 radical (unpaired) electrons. The zero-order valence-corrected chi connectivity index (χ0v) is 11.0. The van der Waals surface area contributed by atoms with Crippen LogP contribution in [0.5, 0.6) is 0 Å². The lowest BCUT2D eigenvalue weighted by atomic mass is 10.2. The van der Waals surface area contributed by atoms with Gasteiger partial charge in [0.25, 0.3) is 5.91 Å². The van der Waals surface area contributed by atoms with Crippen molar-refractivity contribution in [3.63, 3.8) is 0 Å². The Morgan fingerprint density at radius 1 is 1.65 bits per heavy atom. The molecule has 17 heavy (non-hydrogen) atoms. The molecule has 0 aliphatic carbocycles. The molecule has 0 saturated carbocycles. The van der Waals surface area contributed by atoms with Gasteiger partial charge in [-0.2, -0.15) is 0 Å². The quantitative estimate of drug-likeness (QED) is 0.328. The number of hydrogen-bond donors (Lipinski definition) is 2. The molecule has 0 spiro atoms. The lowest BCUT2D eigenvalue weighted by Crippen LogP contribution is -2.31. The number of hydrazine groups is 1. The molecule has 0 unspecified atom stereocenters. The molecule has 6 heteroatoms. The van der Waals surface area contributed by atoms with Crippen LogP contribution >= 0.6 is 11.3 Å². The molecule has 0 atom stereocenters. The van der Waals surface area contributed by atoms with Crippen molar-refractivity contribution in [2.24, 2.45) is 5.84 Å². The maximum atomic E-state index is 11.5. The average molecular weight is 257 g/mol. The fourth-order valence-electron chi connectivity index (χ4n) is 1.46. The van der Waals surface area contributed by atoms with Gasteiger partial charge in [0.2, 0.25) is 0 Å². The molecule has 0 bridgehead atoms. The minimum absolute atomic E-state index is 0.229. The topological polar surface area (TPSA) is 67.6 Å². The van der Waals surface area contributed by atoms with Gasteiger partial charge in [-0.05, 0) is 31.0 Å².